The number of aromatic hydroxyl groups is 1. The molecule has 2 N–H and O–H groups in total. The van der Waals surface area contributed by atoms with Crippen LogP contribution in [0, 0.1) is 0 Å². The minimum absolute atomic E-state index is 0.0988. The van der Waals surface area contributed by atoms with Gasteiger partial charge in [0, 0.05) is 12.1 Å². The molecule has 1 aromatic rings. The summed E-state index contributed by atoms with van der Waals surface area (Å²) in [6.45, 7) is 3.71. The minimum Gasteiger partial charge on any atom is -0.507 e. The summed E-state index contributed by atoms with van der Waals surface area (Å²) >= 11 is 0. The molecule has 1 saturated heterocycles. The van der Waals surface area contributed by atoms with Crippen molar-refractivity contribution in [1.29, 1.82) is 0 Å². The van der Waals surface area contributed by atoms with E-state index < -0.39 is 27.3 Å². The van der Waals surface area contributed by atoms with E-state index in [0.29, 0.717) is 0 Å². The number of sulfonamides is 1. The van der Waals surface area contributed by atoms with E-state index >= 15 is 0 Å². The van der Waals surface area contributed by atoms with Gasteiger partial charge in [0.15, 0.2) is 0 Å². The summed E-state index contributed by atoms with van der Waals surface area (Å²) in [5.74, 6) is -1.80. The molecule has 1 aliphatic rings. The van der Waals surface area contributed by atoms with E-state index in [9.17, 15) is 18.3 Å². The van der Waals surface area contributed by atoms with Crippen LogP contribution in [0.1, 0.15) is 43.5 Å². The van der Waals surface area contributed by atoms with Crippen molar-refractivity contribution in [2.24, 2.45) is 0 Å². The number of phenols is 1. The molecule has 0 aliphatic carbocycles. The van der Waals surface area contributed by atoms with E-state index in [-0.39, 0.29) is 17.0 Å². The summed E-state index contributed by atoms with van der Waals surface area (Å²) in [5, 5.41) is 18.5. The predicted octanol–water partition coefficient (Wildman–Crippen LogP) is 2.04. The van der Waals surface area contributed by atoms with Crippen molar-refractivity contribution < 1.29 is 23.4 Å². The summed E-state index contributed by atoms with van der Waals surface area (Å²) in [6.07, 6.45) is 2.55. The topological polar surface area (TPSA) is 94.9 Å². The maximum atomic E-state index is 12.7. The third-order valence-corrected chi connectivity index (χ3v) is 6.01. The van der Waals surface area contributed by atoms with E-state index in [1.54, 1.807) is 0 Å². The lowest BCUT2D eigenvalue weighted by molar-refractivity contribution is 0.0693. The number of nitrogens with zero attached hydrogens (tertiary/aromatic N) is 1. The van der Waals surface area contributed by atoms with Gasteiger partial charge in [0.2, 0.25) is 10.0 Å². The van der Waals surface area contributed by atoms with Gasteiger partial charge in [-0.25, -0.2) is 13.2 Å². The Morgan fingerprint density at radius 3 is 2.33 bits per heavy atom. The minimum atomic E-state index is -3.77. The van der Waals surface area contributed by atoms with E-state index in [2.05, 4.69) is 0 Å². The zero-order valence-corrected chi connectivity index (χ0v) is 12.8. The summed E-state index contributed by atoms with van der Waals surface area (Å²) in [4.78, 5) is 10.9. The molecule has 21 heavy (non-hydrogen) atoms. The predicted molar refractivity (Wildman–Crippen MR) is 76.9 cm³/mol. The second kappa shape index (κ2) is 5.65. The van der Waals surface area contributed by atoms with E-state index in [1.165, 1.54) is 10.4 Å². The van der Waals surface area contributed by atoms with Crippen LogP contribution in [0.15, 0.2) is 23.1 Å². The SMILES string of the molecule is CC1CCCC(C)N1S(=O)(=O)c1ccc(O)c(C(=O)O)c1. The Balaban J connectivity index is 2.48. The smallest absolute Gasteiger partial charge is 0.339 e. The number of hydrogen-bond donors (Lipinski definition) is 2. The molecule has 0 bridgehead atoms. The van der Waals surface area contributed by atoms with E-state index in [1.807, 2.05) is 13.8 Å². The highest BCUT2D eigenvalue weighted by molar-refractivity contribution is 7.89. The Kier molecular flexibility index (Phi) is 4.25. The van der Waals surface area contributed by atoms with Gasteiger partial charge in [-0.2, -0.15) is 4.31 Å². The maximum absolute atomic E-state index is 12.7. The molecule has 7 heteroatoms. The molecule has 1 heterocycles. The van der Waals surface area contributed by atoms with Crippen LogP contribution in [0.25, 0.3) is 0 Å². The molecule has 116 valence electrons. The van der Waals surface area contributed by atoms with Crippen molar-refractivity contribution in [1.82, 2.24) is 4.31 Å². The number of piperidine rings is 1. The largest absolute Gasteiger partial charge is 0.507 e. The Hall–Kier alpha value is -1.60. The highest BCUT2D eigenvalue weighted by Crippen LogP contribution is 2.31. The molecule has 1 fully saturated rings. The number of aromatic carboxylic acids is 1. The van der Waals surface area contributed by atoms with Crippen LogP contribution in [0.5, 0.6) is 5.75 Å². The fraction of sp³-hybridized carbons (Fsp3) is 0.500. The molecule has 0 aromatic heterocycles. The van der Waals surface area contributed by atoms with Gasteiger partial charge in [0.05, 0.1) is 4.90 Å². The molecule has 6 nitrogen and oxygen atoms in total. The lowest BCUT2D eigenvalue weighted by atomic mass is 10.0. The molecule has 0 amide bonds. The molecule has 1 aromatic carbocycles. The quantitative estimate of drug-likeness (QED) is 0.890. The fourth-order valence-corrected chi connectivity index (χ4v) is 4.75. The molecule has 0 radical (unpaired) electrons. The summed E-state index contributed by atoms with van der Waals surface area (Å²) in [5.41, 5.74) is -0.409. The van der Waals surface area contributed by atoms with Gasteiger partial charge in [-0.15, -0.1) is 0 Å². The monoisotopic (exact) mass is 313 g/mol. The van der Waals surface area contributed by atoms with Crippen molar-refractivity contribution in [2.45, 2.75) is 50.1 Å². The first-order valence-corrected chi connectivity index (χ1v) is 8.29. The maximum Gasteiger partial charge on any atom is 0.339 e. The molecular weight excluding hydrogens is 294 g/mol. The van der Waals surface area contributed by atoms with E-state index in [0.717, 1.165) is 31.4 Å². The number of rotatable bonds is 3. The first kappa shape index (κ1) is 15.8. The Morgan fingerprint density at radius 2 is 1.81 bits per heavy atom. The zero-order chi connectivity index (χ0) is 15.8. The van der Waals surface area contributed by atoms with Crippen LogP contribution in [0.3, 0.4) is 0 Å². The van der Waals surface area contributed by atoms with Crippen molar-refractivity contribution >= 4 is 16.0 Å². The Bertz CT molecular complexity index is 645. The second-order valence-electron chi connectivity index (χ2n) is 5.45. The van der Waals surface area contributed by atoms with Gasteiger partial charge in [-0.05, 0) is 44.9 Å². The lowest BCUT2D eigenvalue weighted by Crippen LogP contribution is -2.47. The van der Waals surface area contributed by atoms with Gasteiger partial charge in [-0.1, -0.05) is 6.42 Å². The third kappa shape index (κ3) is 2.89. The van der Waals surface area contributed by atoms with Crippen LogP contribution in [0.2, 0.25) is 0 Å². The first-order chi connectivity index (χ1) is 9.75. The van der Waals surface area contributed by atoms with Crippen LogP contribution >= 0.6 is 0 Å². The van der Waals surface area contributed by atoms with Crippen molar-refractivity contribution in [3.63, 3.8) is 0 Å². The van der Waals surface area contributed by atoms with Crippen LogP contribution in [-0.4, -0.2) is 41.0 Å². The van der Waals surface area contributed by atoms with Gasteiger partial charge >= 0.3 is 5.97 Å². The second-order valence-corrected chi connectivity index (χ2v) is 7.29. The molecule has 2 rings (SSSR count). The summed E-state index contributed by atoms with van der Waals surface area (Å²) < 4.78 is 26.9. The van der Waals surface area contributed by atoms with Crippen molar-refractivity contribution in [2.75, 3.05) is 0 Å². The molecular formula is C14H19NO5S. The highest BCUT2D eigenvalue weighted by Gasteiger charge is 2.36. The standard InChI is InChI=1S/C14H19NO5S/c1-9-4-3-5-10(2)15(9)21(19,20)11-6-7-13(16)12(8-11)14(17)18/h6-10,16H,3-5H2,1-2H3,(H,17,18). The molecule has 0 saturated carbocycles. The van der Waals surface area contributed by atoms with Crippen LogP contribution in [-0.2, 0) is 10.0 Å². The molecule has 2 unspecified atom stereocenters. The van der Waals surface area contributed by atoms with Gasteiger partial charge in [0.25, 0.3) is 0 Å². The van der Waals surface area contributed by atoms with Gasteiger partial charge < -0.3 is 10.2 Å². The third-order valence-electron chi connectivity index (χ3n) is 3.89. The number of carbonyl (C=O) groups is 1. The zero-order valence-electron chi connectivity index (χ0n) is 12.0. The molecule has 0 spiro atoms. The van der Waals surface area contributed by atoms with Crippen molar-refractivity contribution in [3.8, 4) is 5.75 Å². The fourth-order valence-electron chi connectivity index (χ4n) is 2.84. The number of hydrogen-bond acceptors (Lipinski definition) is 4. The highest BCUT2D eigenvalue weighted by atomic mass is 32.2. The summed E-state index contributed by atoms with van der Waals surface area (Å²) in [6, 6.07) is 3.11. The Labute approximate surface area is 124 Å². The van der Waals surface area contributed by atoms with Gasteiger partial charge in [-0.3, -0.25) is 0 Å². The van der Waals surface area contributed by atoms with Crippen LogP contribution < -0.4 is 0 Å². The average Bonchev–Trinajstić information content (AvgIpc) is 2.38. The van der Waals surface area contributed by atoms with E-state index in [4.69, 9.17) is 5.11 Å². The normalized spacial score (nSPS) is 23.9. The number of carboxylic acids is 1. The summed E-state index contributed by atoms with van der Waals surface area (Å²) in [7, 11) is -3.77. The Morgan fingerprint density at radius 1 is 1.24 bits per heavy atom. The lowest BCUT2D eigenvalue weighted by Gasteiger charge is -2.37. The average molecular weight is 313 g/mol. The number of benzene rings is 1. The van der Waals surface area contributed by atoms with Gasteiger partial charge in [0.1, 0.15) is 11.3 Å². The first-order valence-electron chi connectivity index (χ1n) is 6.85. The molecule has 2 atom stereocenters. The van der Waals surface area contributed by atoms with Crippen molar-refractivity contribution in [3.05, 3.63) is 23.8 Å². The van der Waals surface area contributed by atoms with Crippen LogP contribution in [0.4, 0.5) is 0 Å². The number of carboxylic acid groups (broad SMARTS) is 1. The molecule has 1 aliphatic heterocycles.